The molecule has 1 aliphatic heterocycles. The number of nitrogens with zero attached hydrogens (tertiary/aromatic N) is 1. The standard InChI is InChI=1S/C13H15NO5/c15-11-4-2-1-3-10(11)13(18)14-5-6-19-8-9(14)7-12(16)17/h1-4,9,15H,5-8H2,(H,16,17). The first kappa shape index (κ1) is 13.4. The first-order valence-corrected chi connectivity index (χ1v) is 5.98. The minimum atomic E-state index is -0.981. The topological polar surface area (TPSA) is 87.1 Å². The van der Waals surface area contributed by atoms with Gasteiger partial charge < -0.3 is 19.8 Å². The van der Waals surface area contributed by atoms with Crippen LogP contribution in [0.4, 0.5) is 0 Å². The molecule has 19 heavy (non-hydrogen) atoms. The summed E-state index contributed by atoms with van der Waals surface area (Å²) in [5.74, 6) is -1.45. The van der Waals surface area contributed by atoms with Gasteiger partial charge in [-0.05, 0) is 12.1 Å². The zero-order valence-corrected chi connectivity index (χ0v) is 10.3. The second-order valence-corrected chi connectivity index (χ2v) is 4.34. The van der Waals surface area contributed by atoms with Crippen LogP contribution in [-0.4, -0.2) is 52.8 Å². The average molecular weight is 265 g/mol. The second-order valence-electron chi connectivity index (χ2n) is 4.34. The van der Waals surface area contributed by atoms with Crippen LogP contribution in [0.2, 0.25) is 0 Å². The molecule has 1 aliphatic rings. The van der Waals surface area contributed by atoms with Crippen LogP contribution < -0.4 is 0 Å². The number of carbonyl (C=O) groups excluding carboxylic acids is 1. The summed E-state index contributed by atoms with van der Waals surface area (Å²) in [6.07, 6.45) is -0.167. The van der Waals surface area contributed by atoms with Crippen molar-refractivity contribution in [3.63, 3.8) is 0 Å². The summed E-state index contributed by atoms with van der Waals surface area (Å²) in [5.41, 5.74) is 0.180. The Labute approximate surface area is 110 Å². The van der Waals surface area contributed by atoms with E-state index in [9.17, 15) is 14.7 Å². The van der Waals surface area contributed by atoms with E-state index in [0.717, 1.165) is 0 Å². The van der Waals surface area contributed by atoms with Gasteiger partial charge in [0, 0.05) is 6.54 Å². The van der Waals surface area contributed by atoms with Crippen molar-refractivity contribution in [1.29, 1.82) is 0 Å². The van der Waals surface area contributed by atoms with Gasteiger partial charge in [-0.2, -0.15) is 0 Å². The summed E-state index contributed by atoms with van der Waals surface area (Å²) < 4.78 is 5.21. The van der Waals surface area contributed by atoms with E-state index in [1.807, 2.05) is 0 Å². The van der Waals surface area contributed by atoms with Gasteiger partial charge in [-0.15, -0.1) is 0 Å². The highest BCUT2D eigenvalue weighted by molar-refractivity contribution is 5.97. The van der Waals surface area contributed by atoms with E-state index < -0.39 is 12.0 Å². The maximum absolute atomic E-state index is 12.3. The monoisotopic (exact) mass is 265 g/mol. The molecule has 1 aromatic rings. The maximum Gasteiger partial charge on any atom is 0.305 e. The number of hydrogen-bond donors (Lipinski definition) is 2. The molecule has 6 nitrogen and oxygen atoms in total. The Balaban J connectivity index is 2.20. The van der Waals surface area contributed by atoms with Gasteiger partial charge in [0.15, 0.2) is 0 Å². The first-order valence-electron chi connectivity index (χ1n) is 5.98. The molecule has 1 fully saturated rings. The highest BCUT2D eigenvalue weighted by Gasteiger charge is 2.30. The largest absolute Gasteiger partial charge is 0.507 e. The molecule has 2 N–H and O–H groups in total. The van der Waals surface area contributed by atoms with Gasteiger partial charge in [0.25, 0.3) is 5.91 Å². The molecule has 1 amide bonds. The molecule has 102 valence electrons. The van der Waals surface area contributed by atoms with Crippen LogP contribution >= 0.6 is 0 Å². The Hall–Kier alpha value is -2.08. The number of phenolic OH excluding ortho intramolecular Hbond substituents is 1. The third kappa shape index (κ3) is 3.03. The number of morpholine rings is 1. The molecule has 0 radical (unpaired) electrons. The molecular formula is C13H15NO5. The number of aromatic hydroxyl groups is 1. The number of carbonyl (C=O) groups is 2. The third-order valence-corrected chi connectivity index (χ3v) is 3.03. The van der Waals surface area contributed by atoms with Gasteiger partial charge >= 0.3 is 5.97 Å². The SMILES string of the molecule is O=C(O)CC1COCCN1C(=O)c1ccccc1O. The lowest BCUT2D eigenvalue weighted by molar-refractivity contribution is -0.139. The van der Waals surface area contributed by atoms with Crippen molar-refractivity contribution < 1.29 is 24.5 Å². The van der Waals surface area contributed by atoms with Gasteiger partial charge in [-0.1, -0.05) is 12.1 Å². The lowest BCUT2D eigenvalue weighted by Crippen LogP contribution is -2.49. The molecule has 1 saturated heterocycles. The lowest BCUT2D eigenvalue weighted by Gasteiger charge is -2.35. The number of para-hydroxylation sites is 1. The van der Waals surface area contributed by atoms with Crippen molar-refractivity contribution in [2.75, 3.05) is 19.8 Å². The molecule has 1 unspecified atom stereocenters. The van der Waals surface area contributed by atoms with Crippen LogP contribution in [0.25, 0.3) is 0 Å². The minimum Gasteiger partial charge on any atom is -0.507 e. The summed E-state index contributed by atoms with van der Waals surface area (Å²) in [5, 5.41) is 18.5. The molecule has 0 aromatic heterocycles. The molecular weight excluding hydrogens is 250 g/mol. The van der Waals surface area contributed by atoms with Crippen LogP contribution in [0.1, 0.15) is 16.8 Å². The van der Waals surface area contributed by atoms with E-state index >= 15 is 0 Å². The second kappa shape index (κ2) is 5.71. The number of carboxylic acids is 1. The van der Waals surface area contributed by atoms with Crippen LogP contribution in [-0.2, 0) is 9.53 Å². The molecule has 0 bridgehead atoms. The summed E-state index contributed by atoms with van der Waals surface area (Å²) in [6, 6.07) is 5.73. The highest BCUT2D eigenvalue weighted by Crippen LogP contribution is 2.21. The minimum absolute atomic E-state index is 0.104. The van der Waals surface area contributed by atoms with E-state index in [-0.39, 0.29) is 30.2 Å². The normalized spacial score (nSPS) is 19.2. The lowest BCUT2D eigenvalue weighted by atomic mass is 10.1. The fourth-order valence-corrected chi connectivity index (χ4v) is 2.10. The number of carboxylic acid groups (broad SMARTS) is 1. The molecule has 1 atom stereocenters. The predicted molar refractivity (Wildman–Crippen MR) is 66.0 cm³/mol. The molecule has 0 aliphatic carbocycles. The highest BCUT2D eigenvalue weighted by atomic mass is 16.5. The number of aliphatic carboxylic acids is 1. The summed E-state index contributed by atoms with van der Waals surface area (Å²) in [4.78, 5) is 24.6. The van der Waals surface area contributed by atoms with E-state index in [0.29, 0.717) is 13.2 Å². The Morgan fingerprint density at radius 3 is 2.79 bits per heavy atom. The number of hydrogen-bond acceptors (Lipinski definition) is 4. The van der Waals surface area contributed by atoms with Gasteiger partial charge in [0.2, 0.25) is 0 Å². The number of phenols is 1. The average Bonchev–Trinajstić information content (AvgIpc) is 2.38. The van der Waals surface area contributed by atoms with Crippen LogP contribution in [0.5, 0.6) is 5.75 Å². The predicted octanol–water partition coefficient (Wildman–Crippen LogP) is 0.708. The summed E-state index contributed by atoms with van der Waals surface area (Å²) in [7, 11) is 0. The fourth-order valence-electron chi connectivity index (χ4n) is 2.10. The van der Waals surface area contributed by atoms with Crippen LogP contribution in [0.3, 0.4) is 0 Å². The third-order valence-electron chi connectivity index (χ3n) is 3.03. The van der Waals surface area contributed by atoms with Crippen LogP contribution in [0.15, 0.2) is 24.3 Å². The van der Waals surface area contributed by atoms with Crippen molar-refractivity contribution in [2.24, 2.45) is 0 Å². The first-order chi connectivity index (χ1) is 9.09. The smallest absolute Gasteiger partial charge is 0.305 e. The molecule has 2 rings (SSSR count). The Morgan fingerprint density at radius 1 is 1.37 bits per heavy atom. The van der Waals surface area contributed by atoms with Gasteiger partial charge in [-0.3, -0.25) is 9.59 Å². The number of amides is 1. The van der Waals surface area contributed by atoms with Gasteiger partial charge in [0.1, 0.15) is 5.75 Å². The van der Waals surface area contributed by atoms with Crippen molar-refractivity contribution in [1.82, 2.24) is 4.90 Å². The summed E-state index contributed by atoms with van der Waals surface area (Å²) >= 11 is 0. The molecule has 1 aromatic carbocycles. The van der Waals surface area contributed by atoms with E-state index in [2.05, 4.69) is 0 Å². The molecule has 6 heteroatoms. The number of rotatable bonds is 3. The number of ether oxygens (including phenoxy) is 1. The Bertz CT molecular complexity index is 488. The zero-order valence-electron chi connectivity index (χ0n) is 10.3. The zero-order chi connectivity index (χ0) is 13.8. The molecule has 0 saturated carbocycles. The van der Waals surface area contributed by atoms with Crippen molar-refractivity contribution in [3.8, 4) is 5.75 Å². The maximum atomic E-state index is 12.3. The van der Waals surface area contributed by atoms with Gasteiger partial charge in [-0.25, -0.2) is 0 Å². The van der Waals surface area contributed by atoms with Gasteiger partial charge in [0.05, 0.1) is 31.2 Å². The van der Waals surface area contributed by atoms with Crippen LogP contribution in [0, 0.1) is 0 Å². The van der Waals surface area contributed by atoms with E-state index in [4.69, 9.17) is 9.84 Å². The van der Waals surface area contributed by atoms with Crippen molar-refractivity contribution in [3.05, 3.63) is 29.8 Å². The fraction of sp³-hybridized carbons (Fsp3) is 0.385. The van der Waals surface area contributed by atoms with Crippen molar-refractivity contribution >= 4 is 11.9 Å². The Morgan fingerprint density at radius 2 is 2.11 bits per heavy atom. The van der Waals surface area contributed by atoms with Crippen molar-refractivity contribution in [2.45, 2.75) is 12.5 Å². The molecule has 1 heterocycles. The molecule has 0 spiro atoms. The quantitative estimate of drug-likeness (QED) is 0.840. The van der Waals surface area contributed by atoms with E-state index in [1.54, 1.807) is 12.1 Å². The Kier molecular flexibility index (Phi) is 4.01. The van der Waals surface area contributed by atoms with E-state index in [1.165, 1.54) is 17.0 Å². The summed E-state index contributed by atoms with van der Waals surface area (Å²) in [6.45, 7) is 0.895. The number of benzene rings is 1.